The first-order valence-corrected chi connectivity index (χ1v) is 6.89. The Morgan fingerprint density at radius 3 is 2.48 bits per heavy atom. The van der Waals surface area contributed by atoms with E-state index in [0.29, 0.717) is 17.8 Å². The summed E-state index contributed by atoms with van der Waals surface area (Å²) in [6.45, 7) is 2.02. The molecule has 0 saturated heterocycles. The quantitative estimate of drug-likeness (QED) is 0.939. The van der Waals surface area contributed by atoms with Gasteiger partial charge in [-0.25, -0.2) is 0 Å². The van der Waals surface area contributed by atoms with Crippen LogP contribution in [0.3, 0.4) is 0 Å². The van der Waals surface area contributed by atoms with Crippen LogP contribution in [0.1, 0.15) is 22.8 Å². The highest BCUT2D eigenvalue weighted by molar-refractivity contribution is 6.17. The van der Waals surface area contributed by atoms with Crippen LogP contribution in [0.5, 0.6) is 0 Å². The Hall–Kier alpha value is -2.46. The summed E-state index contributed by atoms with van der Waals surface area (Å²) >= 11 is 0. The van der Waals surface area contributed by atoms with E-state index in [1.165, 1.54) is 11.8 Å². The highest BCUT2D eigenvalue weighted by atomic mass is 16.2. The fourth-order valence-electron chi connectivity index (χ4n) is 2.64. The largest absolute Gasteiger partial charge is 0.290 e. The van der Waals surface area contributed by atoms with Gasteiger partial charge >= 0.3 is 0 Å². The summed E-state index contributed by atoms with van der Waals surface area (Å²) in [4.78, 5) is 25.9. The number of anilines is 1. The number of Topliss-reactive ketones (excluding diaryl/α,β-unsaturated/α-hetero) is 1. The average Bonchev–Trinajstić information content (AvgIpc) is 2.79. The van der Waals surface area contributed by atoms with E-state index in [-0.39, 0.29) is 11.7 Å². The normalized spacial score (nSPS) is 16.9. The lowest BCUT2D eigenvalue weighted by molar-refractivity contribution is -0.116. The minimum atomic E-state index is -0.625. The number of hydrogen-bond acceptors (Lipinski definition) is 3. The molecule has 3 rings (SSSR count). The van der Waals surface area contributed by atoms with E-state index in [0.717, 1.165) is 5.56 Å². The molecular formula is C17H16N2O2. The van der Waals surface area contributed by atoms with Gasteiger partial charge in [0.25, 0.3) is 0 Å². The van der Waals surface area contributed by atoms with E-state index in [2.05, 4.69) is 5.32 Å². The molecule has 106 valence electrons. The molecule has 0 fully saturated rings. The van der Waals surface area contributed by atoms with Crippen LogP contribution < -0.4 is 10.2 Å². The highest BCUT2D eigenvalue weighted by Crippen LogP contribution is 2.31. The van der Waals surface area contributed by atoms with Gasteiger partial charge in [-0.15, -0.1) is 0 Å². The molecule has 1 amide bonds. The van der Waals surface area contributed by atoms with Crippen molar-refractivity contribution in [2.45, 2.75) is 19.6 Å². The fourth-order valence-corrected chi connectivity index (χ4v) is 2.64. The van der Waals surface area contributed by atoms with Gasteiger partial charge in [-0.1, -0.05) is 42.5 Å². The minimum absolute atomic E-state index is 0.0586. The van der Waals surface area contributed by atoms with Crippen LogP contribution in [-0.2, 0) is 11.3 Å². The lowest BCUT2D eigenvalue weighted by Gasteiger charge is -2.23. The molecule has 0 aromatic heterocycles. The van der Waals surface area contributed by atoms with E-state index >= 15 is 0 Å². The van der Waals surface area contributed by atoms with Crippen LogP contribution in [0.4, 0.5) is 5.69 Å². The highest BCUT2D eigenvalue weighted by Gasteiger charge is 2.38. The van der Waals surface area contributed by atoms with Gasteiger partial charge in [0.2, 0.25) is 11.7 Å². The maximum Gasteiger partial charge on any atom is 0.225 e. The summed E-state index contributed by atoms with van der Waals surface area (Å²) in [5.41, 5.74) is 2.35. The van der Waals surface area contributed by atoms with Crippen molar-refractivity contribution < 1.29 is 9.59 Å². The summed E-state index contributed by atoms with van der Waals surface area (Å²) in [6.07, 6.45) is -0.625. The Balaban J connectivity index is 1.85. The molecule has 1 aliphatic heterocycles. The van der Waals surface area contributed by atoms with Gasteiger partial charge in [0.1, 0.15) is 0 Å². The van der Waals surface area contributed by atoms with Crippen molar-refractivity contribution in [1.82, 2.24) is 5.32 Å². The lowest BCUT2D eigenvalue weighted by Crippen LogP contribution is -2.48. The monoisotopic (exact) mass is 280 g/mol. The zero-order valence-electron chi connectivity index (χ0n) is 11.7. The number of ketones is 1. The van der Waals surface area contributed by atoms with Gasteiger partial charge in [-0.05, 0) is 17.7 Å². The molecule has 0 spiro atoms. The second kappa shape index (κ2) is 5.50. The van der Waals surface area contributed by atoms with E-state index in [1.54, 1.807) is 12.1 Å². The number of carbonyl (C=O) groups is 2. The molecular weight excluding hydrogens is 264 g/mol. The lowest BCUT2D eigenvalue weighted by atomic mass is 10.1. The third-order valence-corrected chi connectivity index (χ3v) is 3.62. The Labute approximate surface area is 123 Å². The smallest absolute Gasteiger partial charge is 0.225 e. The van der Waals surface area contributed by atoms with Crippen molar-refractivity contribution in [1.29, 1.82) is 0 Å². The number of carbonyl (C=O) groups excluding carboxylic acids is 2. The molecule has 0 bridgehead atoms. The predicted octanol–water partition coefficient (Wildman–Crippen LogP) is 2.35. The second-order valence-electron chi connectivity index (χ2n) is 5.04. The first-order valence-electron chi connectivity index (χ1n) is 6.89. The molecule has 1 atom stereocenters. The van der Waals surface area contributed by atoms with E-state index in [4.69, 9.17) is 0 Å². The Kier molecular flexibility index (Phi) is 3.54. The first-order chi connectivity index (χ1) is 10.2. The standard InChI is InChI=1S/C17H16N2O2/c1-12(20)19-15-10-6-5-9-14(15)16(21)17(19)18-11-13-7-3-2-4-8-13/h2-10,17-18H,11H2,1H3. The average molecular weight is 280 g/mol. The van der Waals surface area contributed by atoms with Crippen molar-refractivity contribution >= 4 is 17.4 Å². The van der Waals surface area contributed by atoms with Crippen LogP contribution in [0.2, 0.25) is 0 Å². The predicted molar refractivity (Wildman–Crippen MR) is 81.0 cm³/mol. The van der Waals surface area contributed by atoms with Crippen LogP contribution in [-0.4, -0.2) is 17.9 Å². The molecule has 2 aromatic carbocycles. The Morgan fingerprint density at radius 1 is 1.10 bits per heavy atom. The number of nitrogens with zero attached hydrogens (tertiary/aromatic N) is 1. The van der Waals surface area contributed by atoms with E-state index in [9.17, 15) is 9.59 Å². The maximum atomic E-state index is 12.5. The molecule has 1 heterocycles. The van der Waals surface area contributed by atoms with Crippen molar-refractivity contribution in [3.05, 3.63) is 65.7 Å². The fraction of sp³-hybridized carbons (Fsp3) is 0.176. The maximum absolute atomic E-state index is 12.5. The topological polar surface area (TPSA) is 49.4 Å². The summed E-state index contributed by atoms with van der Waals surface area (Å²) < 4.78 is 0. The number of benzene rings is 2. The molecule has 21 heavy (non-hydrogen) atoms. The zero-order chi connectivity index (χ0) is 14.8. The number of nitrogens with one attached hydrogen (secondary N) is 1. The van der Waals surface area contributed by atoms with E-state index in [1.807, 2.05) is 42.5 Å². The third kappa shape index (κ3) is 2.45. The minimum Gasteiger partial charge on any atom is -0.290 e. The second-order valence-corrected chi connectivity index (χ2v) is 5.04. The number of rotatable bonds is 3. The number of hydrogen-bond donors (Lipinski definition) is 1. The zero-order valence-corrected chi connectivity index (χ0v) is 11.7. The first kappa shape index (κ1) is 13.5. The molecule has 2 aromatic rings. The van der Waals surface area contributed by atoms with Gasteiger partial charge in [-0.3, -0.25) is 19.8 Å². The molecule has 4 nitrogen and oxygen atoms in total. The van der Waals surface area contributed by atoms with Crippen molar-refractivity contribution in [3.63, 3.8) is 0 Å². The number of para-hydroxylation sites is 1. The molecule has 1 N–H and O–H groups in total. The van der Waals surface area contributed by atoms with Crippen LogP contribution in [0.25, 0.3) is 0 Å². The van der Waals surface area contributed by atoms with Gasteiger partial charge < -0.3 is 0 Å². The molecule has 1 aliphatic rings. The molecule has 0 radical (unpaired) electrons. The molecule has 1 unspecified atom stereocenters. The summed E-state index contributed by atoms with van der Waals surface area (Å²) in [6, 6.07) is 17.0. The molecule has 0 saturated carbocycles. The van der Waals surface area contributed by atoms with Gasteiger partial charge in [-0.2, -0.15) is 0 Å². The van der Waals surface area contributed by atoms with Gasteiger partial charge in [0.05, 0.1) is 5.69 Å². The number of fused-ring (bicyclic) bond motifs is 1. The molecule has 4 heteroatoms. The Morgan fingerprint density at radius 2 is 1.76 bits per heavy atom. The summed E-state index contributed by atoms with van der Waals surface area (Å²) in [5.74, 6) is -0.199. The van der Waals surface area contributed by atoms with Crippen molar-refractivity contribution in [3.8, 4) is 0 Å². The van der Waals surface area contributed by atoms with Crippen LogP contribution in [0.15, 0.2) is 54.6 Å². The summed E-state index contributed by atoms with van der Waals surface area (Å²) in [5, 5.41) is 3.18. The van der Waals surface area contributed by atoms with E-state index < -0.39 is 6.17 Å². The summed E-state index contributed by atoms with van der Waals surface area (Å²) in [7, 11) is 0. The SMILES string of the molecule is CC(=O)N1c2ccccc2C(=O)C1NCc1ccccc1. The molecule has 0 aliphatic carbocycles. The van der Waals surface area contributed by atoms with Crippen LogP contribution >= 0.6 is 0 Å². The van der Waals surface area contributed by atoms with Gasteiger partial charge in [0, 0.05) is 19.0 Å². The number of amides is 1. The van der Waals surface area contributed by atoms with Gasteiger partial charge in [0.15, 0.2) is 6.17 Å². The van der Waals surface area contributed by atoms with Crippen LogP contribution in [0, 0.1) is 0 Å². The van der Waals surface area contributed by atoms with Crippen molar-refractivity contribution in [2.75, 3.05) is 4.90 Å². The van der Waals surface area contributed by atoms with Crippen molar-refractivity contribution in [2.24, 2.45) is 0 Å². The third-order valence-electron chi connectivity index (χ3n) is 3.62. The Bertz CT molecular complexity index is 682.